The van der Waals surface area contributed by atoms with Gasteiger partial charge in [0.1, 0.15) is 16.2 Å². The van der Waals surface area contributed by atoms with Crippen molar-refractivity contribution in [3.63, 3.8) is 0 Å². The molecule has 0 fully saturated rings. The fourth-order valence-electron chi connectivity index (χ4n) is 2.23. The van der Waals surface area contributed by atoms with Crippen LogP contribution in [0.5, 0.6) is 5.75 Å². The van der Waals surface area contributed by atoms with Crippen molar-refractivity contribution in [2.75, 3.05) is 11.9 Å². The van der Waals surface area contributed by atoms with Crippen molar-refractivity contribution >= 4 is 27.5 Å². The Labute approximate surface area is 124 Å². The summed E-state index contributed by atoms with van der Waals surface area (Å²) in [7, 11) is 1.91. The first kappa shape index (κ1) is 13.1. The van der Waals surface area contributed by atoms with Gasteiger partial charge in [-0.05, 0) is 34.1 Å². The highest BCUT2D eigenvalue weighted by Crippen LogP contribution is 2.35. The van der Waals surface area contributed by atoms with Gasteiger partial charge in [-0.3, -0.25) is 4.79 Å². The van der Waals surface area contributed by atoms with Crippen LogP contribution in [-0.2, 0) is 18.4 Å². The maximum Gasteiger partial charge on any atom is 0.262 e. The Kier molecular flexibility index (Phi) is 3.23. The van der Waals surface area contributed by atoms with Crippen LogP contribution in [0.4, 0.5) is 5.69 Å². The molecule has 7 heteroatoms. The summed E-state index contributed by atoms with van der Waals surface area (Å²) in [5, 5.41) is 2.80. The van der Waals surface area contributed by atoms with Crippen molar-refractivity contribution in [3.05, 3.63) is 28.6 Å². The highest BCUT2D eigenvalue weighted by atomic mass is 79.9. The Bertz CT molecular complexity index is 696. The summed E-state index contributed by atoms with van der Waals surface area (Å²) in [6.07, 6.45) is 0. The highest BCUT2D eigenvalue weighted by Gasteiger charge is 2.19. The molecule has 0 atom stereocenters. The van der Waals surface area contributed by atoms with Crippen molar-refractivity contribution in [1.29, 1.82) is 0 Å². The number of amides is 1. The predicted octanol–water partition coefficient (Wildman–Crippen LogP) is 1.64. The minimum Gasteiger partial charge on any atom is -0.482 e. The lowest BCUT2D eigenvalue weighted by Gasteiger charge is -2.18. The van der Waals surface area contributed by atoms with E-state index >= 15 is 0 Å². The van der Waals surface area contributed by atoms with Crippen LogP contribution in [-0.4, -0.2) is 22.1 Å². The van der Waals surface area contributed by atoms with Crippen molar-refractivity contribution in [2.45, 2.75) is 6.54 Å². The summed E-state index contributed by atoms with van der Waals surface area (Å²) in [6.45, 7) is 0.416. The van der Waals surface area contributed by atoms with Crippen LogP contribution in [0, 0.1) is 0 Å². The average Bonchev–Trinajstić information content (AvgIpc) is 2.72. The van der Waals surface area contributed by atoms with E-state index in [1.165, 1.54) is 0 Å². The van der Waals surface area contributed by atoms with Gasteiger partial charge in [-0.25, -0.2) is 4.98 Å². The minimum absolute atomic E-state index is 0.0546. The Morgan fingerprint density at radius 1 is 1.55 bits per heavy atom. The standard InChI is InChI=1S/C13H13BrN4O2/c1-18-10(5-15)17-13(14)12(18)7-2-3-9-8(4-7)16-11(19)6-20-9/h2-4H,5-6,15H2,1H3,(H,16,19). The van der Waals surface area contributed by atoms with E-state index in [9.17, 15) is 4.79 Å². The molecule has 0 saturated carbocycles. The van der Waals surface area contributed by atoms with Gasteiger partial charge in [0.15, 0.2) is 6.61 Å². The van der Waals surface area contributed by atoms with E-state index in [0.29, 0.717) is 18.0 Å². The van der Waals surface area contributed by atoms with Gasteiger partial charge < -0.3 is 20.4 Å². The molecule has 1 aromatic carbocycles. The lowest BCUT2D eigenvalue weighted by molar-refractivity contribution is -0.118. The molecule has 1 aromatic heterocycles. The normalized spacial score (nSPS) is 13.7. The van der Waals surface area contributed by atoms with Crippen molar-refractivity contribution < 1.29 is 9.53 Å². The number of anilines is 1. The van der Waals surface area contributed by atoms with Gasteiger partial charge >= 0.3 is 0 Å². The summed E-state index contributed by atoms with van der Waals surface area (Å²) in [5.41, 5.74) is 8.16. The van der Waals surface area contributed by atoms with Gasteiger partial charge in [-0.2, -0.15) is 0 Å². The number of carbonyl (C=O) groups is 1. The third-order valence-electron chi connectivity index (χ3n) is 3.21. The molecule has 0 spiro atoms. The van der Waals surface area contributed by atoms with Crippen LogP contribution in [0.15, 0.2) is 22.8 Å². The molecule has 20 heavy (non-hydrogen) atoms. The summed E-state index contributed by atoms with van der Waals surface area (Å²) < 4.78 is 8.00. The summed E-state index contributed by atoms with van der Waals surface area (Å²) in [6, 6.07) is 5.64. The third-order valence-corrected chi connectivity index (χ3v) is 3.77. The van der Waals surface area contributed by atoms with Gasteiger partial charge in [-0.1, -0.05) is 0 Å². The maximum absolute atomic E-state index is 11.4. The number of nitrogens with two attached hydrogens (primary N) is 1. The first-order valence-corrected chi connectivity index (χ1v) is 6.87. The monoisotopic (exact) mass is 336 g/mol. The van der Waals surface area contributed by atoms with Gasteiger partial charge in [-0.15, -0.1) is 0 Å². The van der Waals surface area contributed by atoms with E-state index in [-0.39, 0.29) is 12.5 Å². The van der Waals surface area contributed by atoms with E-state index in [0.717, 1.165) is 21.7 Å². The Balaban J connectivity index is 2.09. The first-order chi connectivity index (χ1) is 9.60. The van der Waals surface area contributed by atoms with Gasteiger partial charge in [0, 0.05) is 12.6 Å². The number of hydrogen-bond donors (Lipinski definition) is 2. The quantitative estimate of drug-likeness (QED) is 0.873. The molecule has 6 nitrogen and oxygen atoms in total. The summed E-state index contributed by atoms with van der Waals surface area (Å²) in [5.74, 6) is 1.30. The molecule has 1 aliphatic rings. The fourth-order valence-corrected chi connectivity index (χ4v) is 2.93. The minimum atomic E-state index is -0.152. The zero-order chi connectivity index (χ0) is 14.3. The number of rotatable bonds is 2. The summed E-state index contributed by atoms with van der Waals surface area (Å²) in [4.78, 5) is 15.7. The van der Waals surface area contributed by atoms with Gasteiger partial charge in [0.25, 0.3) is 5.91 Å². The SMILES string of the molecule is Cn1c(CN)nc(Br)c1-c1ccc2c(c1)NC(=O)CO2. The molecule has 3 N–H and O–H groups in total. The van der Waals surface area contributed by atoms with Crippen LogP contribution < -0.4 is 15.8 Å². The van der Waals surface area contributed by atoms with Crippen LogP contribution in [0.25, 0.3) is 11.3 Å². The van der Waals surface area contributed by atoms with Crippen LogP contribution >= 0.6 is 15.9 Å². The molecule has 2 heterocycles. The number of imidazole rings is 1. The average molecular weight is 337 g/mol. The zero-order valence-electron chi connectivity index (χ0n) is 10.8. The molecule has 0 radical (unpaired) electrons. The number of aromatic nitrogens is 2. The topological polar surface area (TPSA) is 82.2 Å². The number of halogens is 1. The predicted molar refractivity (Wildman–Crippen MR) is 78.4 cm³/mol. The molecule has 0 bridgehead atoms. The van der Waals surface area contributed by atoms with E-state index in [1.807, 2.05) is 29.8 Å². The van der Waals surface area contributed by atoms with Crippen molar-refractivity contribution in [3.8, 4) is 17.0 Å². The Hall–Kier alpha value is -1.86. The number of hydrogen-bond acceptors (Lipinski definition) is 4. The maximum atomic E-state index is 11.4. The first-order valence-electron chi connectivity index (χ1n) is 6.08. The molecular formula is C13H13BrN4O2. The van der Waals surface area contributed by atoms with Gasteiger partial charge in [0.2, 0.25) is 0 Å². The number of nitrogens with zero attached hydrogens (tertiary/aromatic N) is 2. The molecule has 104 valence electrons. The second-order valence-electron chi connectivity index (χ2n) is 4.48. The largest absolute Gasteiger partial charge is 0.482 e. The molecule has 0 unspecified atom stereocenters. The van der Waals surface area contributed by atoms with Crippen LogP contribution in [0.1, 0.15) is 5.82 Å². The summed E-state index contributed by atoms with van der Waals surface area (Å²) >= 11 is 3.45. The van der Waals surface area contributed by atoms with E-state index in [4.69, 9.17) is 10.5 Å². The molecule has 2 aromatic rings. The second-order valence-corrected chi connectivity index (χ2v) is 5.23. The highest BCUT2D eigenvalue weighted by molar-refractivity contribution is 9.10. The Morgan fingerprint density at radius 3 is 3.05 bits per heavy atom. The van der Waals surface area contributed by atoms with E-state index < -0.39 is 0 Å². The second kappa shape index (κ2) is 4.92. The number of carbonyl (C=O) groups excluding carboxylic acids is 1. The number of fused-ring (bicyclic) bond motifs is 1. The number of ether oxygens (including phenoxy) is 1. The van der Waals surface area contributed by atoms with Crippen LogP contribution in [0.2, 0.25) is 0 Å². The van der Waals surface area contributed by atoms with Crippen molar-refractivity contribution in [2.24, 2.45) is 12.8 Å². The molecule has 1 aliphatic heterocycles. The molecular weight excluding hydrogens is 324 g/mol. The molecule has 0 aliphatic carbocycles. The number of benzene rings is 1. The zero-order valence-corrected chi connectivity index (χ0v) is 12.4. The fraction of sp³-hybridized carbons (Fsp3) is 0.231. The lowest BCUT2D eigenvalue weighted by atomic mass is 10.1. The third kappa shape index (κ3) is 2.08. The van der Waals surface area contributed by atoms with Crippen LogP contribution in [0.3, 0.4) is 0 Å². The Morgan fingerprint density at radius 2 is 2.35 bits per heavy atom. The van der Waals surface area contributed by atoms with Gasteiger partial charge in [0.05, 0.1) is 17.9 Å². The smallest absolute Gasteiger partial charge is 0.262 e. The number of nitrogens with one attached hydrogen (secondary N) is 1. The molecule has 3 rings (SSSR count). The molecule has 0 saturated heterocycles. The van der Waals surface area contributed by atoms with E-state index in [2.05, 4.69) is 26.2 Å². The molecule has 1 amide bonds. The van der Waals surface area contributed by atoms with Crippen molar-refractivity contribution in [1.82, 2.24) is 9.55 Å². The van der Waals surface area contributed by atoms with E-state index in [1.54, 1.807) is 0 Å². The lowest BCUT2D eigenvalue weighted by Crippen LogP contribution is -2.25.